The first kappa shape index (κ1) is 13.4. The molecule has 0 unspecified atom stereocenters. The molecule has 1 aromatic carbocycles. The van der Waals surface area contributed by atoms with Gasteiger partial charge in [0.1, 0.15) is 22.9 Å². The lowest BCUT2D eigenvalue weighted by Crippen LogP contribution is -2.01. The maximum absolute atomic E-state index is 12.1. The average Bonchev–Trinajstić information content (AvgIpc) is 2.76. The van der Waals surface area contributed by atoms with Crippen molar-refractivity contribution in [3.05, 3.63) is 48.2 Å². The zero-order valence-electron chi connectivity index (χ0n) is 11.3. The van der Waals surface area contributed by atoms with E-state index >= 15 is 0 Å². The van der Waals surface area contributed by atoms with Gasteiger partial charge in [-0.3, -0.25) is 4.40 Å². The molecular formula is C15H13F2N3O. The molecule has 0 radical (unpaired) electrons. The average molecular weight is 289 g/mol. The summed E-state index contributed by atoms with van der Waals surface area (Å²) in [4.78, 5) is 4.46. The first-order chi connectivity index (χ1) is 10.0. The van der Waals surface area contributed by atoms with Crippen molar-refractivity contribution in [3.63, 3.8) is 0 Å². The van der Waals surface area contributed by atoms with Crippen molar-refractivity contribution in [2.24, 2.45) is 0 Å². The highest BCUT2D eigenvalue weighted by Gasteiger charge is 2.12. The minimum absolute atomic E-state index is 0.104. The smallest absolute Gasteiger partial charge is 0.387 e. The molecule has 0 saturated carbocycles. The van der Waals surface area contributed by atoms with Gasteiger partial charge in [0.2, 0.25) is 0 Å². The van der Waals surface area contributed by atoms with Crippen LogP contribution in [0.15, 0.2) is 42.6 Å². The number of alkyl halides is 2. The van der Waals surface area contributed by atoms with Gasteiger partial charge in [0.05, 0.1) is 0 Å². The molecule has 2 heterocycles. The van der Waals surface area contributed by atoms with E-state index in [1.165, 1.54) is 12.1 Å². The van der Waals surface area contributed by atoms with E-state index < -0.39 is 6.61 Å². The van der Waals surface area contributed by atoms with E-state index in [0.29, 0.717) is 11.5 Å². The topological polar surface area (TPSA) is 52.5 Å². The summed E-state index contributed by atoms with van der Waals surface area (Å²) in [6, 6.07) is 10.1. The molecular weight excluding hydrogens is 276 g/mol. The van der Waals surface area contributed by atoms with E-state index in [0.717, 1.165) is 16.8 Å². The molecule has 2 N–H and O–H groups in total. The van der Waals surface area contributed by atoms with Gasteiger partial charge in [0.25, 0.3) is 0 Å². The molecule has 0 fully saturated rings. The van der Waals surface area contributed by atoms with Gasteiger partial charge in [-0.1, -0.05) is 6.07 Å². The van der Waals surface area contributed by atoms with E-state index in [2.05, 4.69) is 9.72 Å². The van der Waals surface area contributed by atoms with E-state index in [1.807, 2.05) is 25.3 Å². The summed E-state index contributed by atoms with van der Waals surface area (Å²) < 4.78 is 30.4. The highest BCUT2D eigenvalue weighted by Crippen LogP contribution is 2.28. The number of ether oxygens (including phenoxy) is 1. The Labute approximate surface area is 119 Å². The Balaban J connectivity index is 2.02. The van der Waals surface area contributed by atoms with Gasteiger partial charge in [-0.2, -0.15) is 8.78 Å². The normalized spacial score (nSPS) is 11.2. The largest absolute Gasteiger partial charge is 0.435 e. The summed E-state index contributed by atoms with van der Waals surface area (Å²) in [5, 5.41) is 0. The second kappa shape index (κ2) is 5.05. The number of imidazole rings is 1. The number of nitrogen functional groups attached to an aromatic ring is 1. The summed E-state index contributed by atoms with van der Waals surface area (Å²) in [6.07, 6.45) is 1.90. The summed E-state index contributed by atoms with van der Waals surface area (Å²) in [6.45, 7) is -0.867. The van der Waals surface area contributed by atoms with Crippen LogP contribution in [0, 0.1) is 6.92 Å². The van der Waals surface area contributed by atoms with Crippen LogP contribution in [0.25, 0.3) is 16.9 Å². The molecule has 0 aliphatic heterocycles. The number of anilines is 1. The van der Waals surface area contributed by atoms with Crippen LogP contribution in [0.5, 0.6) is 5.75 Å². The Kier molecular flexibility index (Phi) is 3.21. The Bertz CT molecular complexity index is 781. The van der Waals surface area contributed by atoms with Gasteiger partial charge in [0, 0.05) is 11.8 Å². The standard InChI is InChI=1S/C15H13F2N3O/c1-9-2-7-12-19-13(14(18)20(12)8-9)10-3-5-11(6-4-10)21-15(16)17/h2-8,15H,18H2,1H3. The molecule has 2 aromatic heterocycles. The van der Waals surface area contributed by atoms with E-state index in [4.69, 9.17) is 5.73 Å². The lowest BCUT2D eigenvalue weighted by molar-refractivity contribution is -0.0498. The van der Waals surface area contributed by atoms with Crippen molar-refractivity contribution in [2.45, 2.75) is 13.5 Å². The number of rotatable bonds is 3. The van der Waals surface area contributed by atoms with E-state index in [9.17, 15) is 8.78 Å². The molecule has 0 aliphatic rings. The lowest BCUT2D eigenvalue weighted by Gasteiger charge is -2.05. The third-order valence-electron chi connectivity index (χ3n) is 3.16. The van der Waals surface area contributed by atoms with Crippen LogP contribution in [0.4, 0.5) is 14.6 Å². The van der Waals surface area contributed by atoms with Crippen molar-refractivity contribution in [2.75, 3.05) is 5.73 Å². The number of nitrogens with two attached hydrogens (primary N) is 1. The first-order valence-corrected chi connectivity index (χ1v) is 6.34. The zero-order valence-corrected chi connectivity index (χ0v) is 11.3. The number of pyridine rings is 1. The molecule has 0 amide bonds. The van der Waals surface area contributed by atoms with Crippen LogP contribution in [-0.2, 0) is 0 Å². The maximum atomic E-state index is 12.1. The number of aromatic nitrogens is 2. The third-order valence-corrected chi connectivity index (χ3v) is 3.16. The molecule has 0 aliphatic carbocycles. The Morgan fingerprint density at radius 2 is 1.86 bits per heavy atom. The number of hydrogen-bond donors (Lipinski definition) is 1. The van der Waals surface area contributed by atoms with Crippen molar-refractivity contribution < 1.29 is 13.5 Å². The fourth-order valence-corrected chi connectivity index (χ4v) is 2.18. The molecule has 0 atom stereocenters. The molecule has 6 heteroatoms. The summed E-state index contributed by atoms with van der Waals surface area (Å²) in [7, 11) is 0. The van der Waals surface area contributed by atoms with Crippen LogP contribution in [0.3, 0.4) is 0 Å². The predicted octanol–water partition coefficient (Wildman–Crippen LogP) is 3.49. The molecule has 21 heavy (non-hydrogen) atoms. The number of benzene rings is 1. The summed E-state index contributed by atoms with van der Waals surface area (Å²) in [5.41, 5.74) is 9.27. The third kappa shape index (κ3) is 2.52. The fourth-order valence-electron chi connectivity index (χ4n) is 2.18. The van der Waals surface area contributed by atoms with E-state index in [1.54, 1.807) is 16.5 Å². The second-order valence-corrected chi connectivity index (χ2v) is 4.68. The van der Waals surface area contributed by atoms with Crippen molar-refractivity contribution >= 4 is 11.5 Å². The second-order valence-electron chi connectivity index (χ2n) is 4.68. The van der Waals surface area contributed by atoms with Crippen LogP contribution < -0.4 is 10.5 Å². The number of nitrogens with zero attached hydrogens (tertiary/aromatic N) is 2. The lowest BCUT2D eigenvalue weighted by atomic mass is 10.1. The molecule has 0 bridgehead atoms. The quantitative estimate of drug-likeness (QED) is 0.803. The Morgan fingerprint density at radius 1 is 1.14 bits per heavy atom. The SMILES string of the molecule is Cc1ccc2nc(-c3ccc(OC(F)F)cc3)c(N)n2c1. The molecule has 0 spiro atoms. The Morgan fingerprint density at radius 3 is 2.52 bits per heavy atom. The van der Waals surface area contributed by atoms with Gasteiger partial charge in [-0.05, 0) is 42.8 Å². The van der Waals surface area contributed by atoms with Gasteiger partial charge < -0.3 is 10.5 Å². The maximum Gasteiger partial charge on any atom is 0.387 e. The van der Waals surface area contributed by atoms with Gasteiger partial charge >= 0.3 is 6.61 Å². The molecule has 3 rings (SSSR count). The van der Waals surface area contributed by atoms with Gasteiger partial charge in [0.15, 0.2) is 0 Å². The van der Waals surface area contributed by atoms with Crippen LogP contribution in [0.1, 0.15) is 5.56 Å². The highest BCUT2D eigenvalue weighted by atomic mass is 19.3. The highest BCUT2D eigenvalue weighted by molar-refractivity contribution is 5.75. The molecule has 3 aromatic rings. The number of halogens is 2. The zero-order chi connectivity index (χ0) is 15.0. The predicted molar refractivity (Wildman–Crippen MR) is 76.4 cm³/mol. The number of aryl methyl sites for hydroxylation is 1. The van der Waals surface area contributed by atoms with Crippen LogP contribution in [-0.4, -0.2) is 16.0 Å². The van der Waals surface area contributed by atoms with Crippen molar-refractivity contribution in [3.8, 4) is 17.0 Å². The summed E-state index contributed by atoms with van der Waals surface area (Å²) in [5.74, 6) is 0.614. The summed E-state index contributed by atoms with van der Waals surface area (Å²) >= 11 is 0. The first-order valence-electron chi connectivity index (χ1n) is 6.34. The van der Waals surface area contributed by atoms with Gasteiger partial charge in [-0.15, -0.1) is 0 Å². The minimum atomic E-state index is -2.83. The number of hydrogen-bond acceptors (Lipinski definition) is 3. The minimum Gasteiger partial charge on any atom is -0.435 e. The van der Waals surface area contributed by atoms with Crippen LogP contribution >= 0.6 is 0 Å². The monoisotopic (exact) mass is 289 g/mol. The number of fused-ring (bicyclic) bond motifs is 1. The fraction of sp³-hybridized carbons (Fsp3) is 0.133. The molecule has 0 saturated heterocycles. The van der Waals surface area contributed by atoms with Gasteiger partial charge in [-0.25, -0.2) is 4.98 Å². The van der Waals surface area contributed by atoms with E-state index in [-0.39, 0.29) is 5.75 Å². The molecule has 108 valence electrons. The van der Waals surface area contributed by atoms with Crippen molar-refractivity contribution in [1.29, 1.82) is 0 Å². The van der Waals surface area contributed by atoms with Crippen molar-refractivity contribution in [1.82, 2.24) is 9.38 Å². The van der Waals surface area contributed by atoms with Crippen LogP contribution in [0.2, 0.25) is 0 Å². The molecule has 4 nitrogen and oxygen atoms in total. The Hall–Kier alpha value is -2.63.